The van der Waals surface area contributed by atoms with Crippen molar-refractivity contribution in [3.05, 3.63) is 28.8 Å². The molecule has 4 heteroatoms. The molecule has 1 aromatic rings. The van der Waals surface area contributed by atoms with Crippen LogP contribution < -0.4 is 4.74 Å². The van der Waals surface area contributed by atoms with Crippen LogP contribution in [-0.2, 0) is 0 Å². The van der Waals surface area contributed by atoms with Crippen LogP contribution in [0.3, 0.4) is 0 Å². The zero-order valence-electron chi connectivity index (χ0n) is 8.80. The van der Waals surface area contributed by atoms with E-state index >= 15 is 0 Å². The molecule has 0 unspecified atom stereocenters. The lowest BCUT2D eigenvalue weighted by molar-refractivity contribution is -0.0498. The molecule has 0 aliphatic carbocycles. The van der Waals surface area contributed by atoms with E-state index in [1.165, 1.54) is 19.1 Å². The lowest BCUT2D eigenvalue weighted by atomic mass is 9.99. The average Bonchev–Trinajstić information content (AvgIpc) is 1.99. The van der Waals surface area contributed by atoms with Gasteiger partial charge >= 0.3 is 6.61 Å². The summed E-state index contributed by atoms with van der Waals surface area (Å²) in [6, 6.07) is 2.88. The van der Waals surface area contributed by atoms with Crippen molar-refractivity contribution in [2.75, 3.05) is 0 Å². The molecule has 0 bridgehead atoms. The molecule has 0 N–H and O–H groups in total. The Hall–Kier alpha value is -1.45. The molecular weight excluding hydrogens is 202 g/mol. The maximum absolute atomic E-state index is 12.0. The first-order chi connectivity index (χ1) is 6.91. The van der Waals surface area contributed by atoms with E-state index in [1.54, 1.807) is 13.8 Å². The number of ketones is 1. The third-order valence-corrected chi connectivity index (χ3v) is 2.08. The fourth-order valence-corrected chi connectivity index (χ4v) is 1.65. The van der Waals surface area contributed by atoms with Gasteiger partial charge in [0.05, 0.1) is 0 Å². The minimum Gasteiger partial charge on any atom is -0.435 e. The first-order valence-corrected chi connectivity index (χ1v) is 4.49. The molecule has 2 nitrogen and oxygen atoms in total. The predicted octanol–water partition coefficient (Wildman–Crippen LogP) is 3.11. The van der Waals surface area contributed by atoms with Crippen LogP contribution in [0.25, 0.3) is 0 Å². The van der Waals surface area contributed by atoms with Gasteiger partial charge in [0.1, 0.15) is 5.75 Å². The van der Waals surface area contributed by atoms with Gasteiger partial charge in [-0.25, -0.2) is 0 Å². The van der Waals surface area contributed by atoms with Crippen LogP contribution >= 0.6 is 0 Å². The average molecular weight is 214 g/mol. The van der Waals surface area contributed by atoms with Crippen LogP contribution in [0.5, 0.6) is 5.75 Å². The Morgan fingerprint density at radius 1 is 1.27 bits per heavy atom. The van der Waals surface area contributed by atoms with Crippen LogP contribution in [0.4, 0.5) is 8.78 Å². The first-order valence-electron chi connectivity index (χ1n) is 4.49. The zero-order valence-corrected chi connectivity index (χ0v) is 8.80. The molecular formula is C11H12F2O2. The van der Waals surface area contributed by atoms with Crippen LogP contribution in [0.15, 0.2) is 12.1 Å². The summed E-state index contributed by atoms with van der Waals surface area (Å²) in [5, 5.41) is 0. The molecule has 1 rings (SSSR count). The van der Waals surface area contributed by atoms with Crippen molar-refractivity contribution in [3.63, 3.8) is 0 Å². The second-order valence-electron chi connectivity index (χ2n) is 3.37. The van der Waals surface area contributed by atoms with E-state index in [9.17, 15) is 13.6 Å². The van der Waals surface area contributed by atoms with E-state index in [1.807, 2.05) is 0 Å². The second-order valence-corrected chi connectivity index (χ2v) is 3.37. The van der Waals surface area contributed by atoms with Crippen LogP contribution in [0, 0.1) is 13.8 Å². The number of aryl methyl sites for hydroxylation is 2. The standard InChI is InChI=1S/C11H12F2O2/c1-6-4-9(15-11(12)13)5-7(2)10(6)8(3)14/h4-5,11H,1-3H3. The molecule has 82 valence electrons. The molecule has 0 radical (unpaired) electrons. The number of carbonyl (C=O) groups excluding carboxylic acids is 1. The van der Waals surface area contributed by atoms with Gasteiger partial charge in [-0.2, -0.15) is 8.78 Å². The summed E-state index contributed by atoms with van der Waals surface area (Å²) in [5.74, 6) is 0.0126. The molecule has 0 atom stereocenters. The summed E-state index contributed by atoms with van der Waals surface area (Å²) in [6.45, 7) is 2.00. The fraction of sp³-hybridized carbons (Fsp3) is 0.364. The molecule has 0 aliphatic heterocycles. The van der Waals surface area contributed by atoms with Gasteiger partial charge in [-0.1, -0.05) is 0 Å². The number of Topliss-reactive ketones (excluding diaryl/α,β-unsaturated/α-hetero) is 1. The van der Waals surface area contributed by atoms with Gasteiger partial charge in [0.2, 0.25) is 0 Å². The van der Waals surface area contributed by atoms with Crippen molar-refractivity contribution in [2.45, 2.75) is 27.4 Å². The summed E-state index contributed by atoms with van der Waals surface area (Å²) in [7, 11) is 0. The Balaban J connectivity index is 3.14. The highest BCUT2D eigenvalue weighted by atomic mass is 19.3. The Labute approximate surface area is 86.9 Å². The van der Waals surface area contributed by atoms with E-state index in [4.69, 9.17) is 0 Å². The summed E-state index contributed by atoms with van der Waals surface area (Å²) < 4.78 is 28.2. The summed E-state index contributed by atoms with van der Waals surface area (Å²) in [5.41, 5.74) is 1.87. The van der Waals surface area contributed by atoms with E-state index in [0.717, 1.165) is 0 Å². The van der Waals surface area contributed by atoms with Gasteiger partial charge < -0.3 is 4.74 Å². The fourth-order valence-electron chi connectivity index (χ4n) is 1.65. The molecule has 0 heterocycles. The van der Waals surface area contributed by atoms with Gasteiger partial charge in [-0.05, 0) is 44.0 Å². The minimum absolute atomic E-state index is 0.0754. The van der Waals surface area contributed by atoms with Gasteiger partial charge in [-0.3, -0.25) is 4.79 Å². The Kier molecular flexibility index (Phi) is 3.39. The van der Waals surface area contributed by atoms with Gasteiger partial charge in [0.25, 0.3) is 0 Å². The summed E-state index contributed by atoms with van der Waals surface area (Å²) >= 11 is 0. The zero-order chi connectivity index (χ0) is 11.6. The number of benzene rings is 1. The number of rotatable bonds is 3. The smallest absolute Gasteiger partial charge is 0.387 e. The maximum atomic E-state index is 12.0. The van der Waals surface area contributed by atoms with E-state index in [0.29, 0.717) is 16.7 Å². The Morgan fingerprint density at radius 2 is 1.73 bits per heavy atom. The normalized spacial score (nSPS) is 10.5. The van der Waals surface area contributed by atoms with E-state index in [-0.39, 0.29) is 11.5 Å². The van der Waals surface area contributed by atoms with Gasteiger partial charge in [0.15, 0.2) is 5.78 Å². The molecule has 15 heavy (non-hydrogen) atoms. The number of hydrogen-bond donors (Lipinski definition) is 0. The number of halogens is 2. The molecule has 0 aromatic heterocycles. The van der Waals surface area contributed by atoms with Crippen molar-refractivity contribution >= 4 is 5.78 Å². The third-order valence-electron chi connectivity index (χ3n) is 2.08. The Bertz CT molecular complexity index is 363. The highest BCUT2D eigenvalue weighted by Gasteiger charge is 2.11. The monoisotopic (exact) mass is 214 g/mol. The van der Waals surface area contributed by atoms with Crippen LogP contribution in [0.2, 0.25) is 0 Å². The molecule has 0 fully saturated rings. The molecule has 0 spiro atoms. The predicted molar refractivity (Wildman–Crippen MR) is 52.6 cm³/mol. The van der Waals surface area contributed by atoms with Crippen molar-refractivity contribution < 1.29 is 18.3 Å². The molecule has 0 saturated carbocycles. The number of carbonyl (C=O) groups is 1. The number of hydrogen-bond acceptors (Lipinski definition) is 2. The molecule has 1 aromatic carbocycles. The second kappa shape index (κ2) is 4.38. The van der Waals surface area contributed by atoms with Gasteiger partial charge in [-0.15, -0.1) is 0 Å². The summed E-state index contributed by atoms with van der Waals surface area (Å²) in [6.07, 6.45) is 0. The van der Waals surface area contributed by atoms with Crippen LogP contribution in [0.1, 0.15) is 28.4 Å². The van der Waals surface area contributed by atoms with E-state index in [2.05, 4.69) is 4.74 Å². The molecule has 0 aliphatic rings. The first kappa shape index (κ1) is 11.6. The largest absolute Gasteiger partial charge is 0.435 e. The number of alkyl halides is 2. The van der Waals surface area contributed by atoms with Gasteiger partial charge in [0, 0.05) is 5.56 Å². The van der Waals surface area contributed by atoms with Crippen molar-refractivity contribution in [2.24, 2.45) is 0 Å². The molecule has 0 amide bonds. The Morgan fingerprint density at radius 3 is 2.07 bits per heavy atom. The third kappa shape index (κ3) is 2.75. The summed E-state index contributed by atoms with van der Waals surface area (Å²) in [4.78, 5) is 11.2. The van der Waals surface area contributed by atoms with Crippen molar-refractivity contribution in [1.82, 2.24) is 0 Å². The van der Waals surface area contributed by atoms with Crippen LogP contribution in [-0.4, -0.2) is 12.4 Å². The highest BCUT2D eigenvalue weighted by Crippen LogP contribution is 2.23. The quantitative estimate of drug-likeness (QED) is 0.722. The maximum Gasteiger partial charge on any atom is 0.387 e. The highest BCUT2D eigenvalue weighted by molar-refractivity contribution is 5.97. The topological polar surface area (TPSA) is 26.3 Å². The lowest BCUT2D eigenvalue weighted by Gasteiger charge is -2.10. The van der Waals surface area contributed by atoms with E-state index < -0.39 is 6.61 Å². The SMILES string of the molecule is CC(=O)c1c(C)cc(OC(F)F)cc1C. The lowest BCUT2D eigenvalue weighted by Crippen LogP contribution is -2.05. The molecule has 0 saturated heterocycles. The van der Waals surface area contributed by atoms with Crippen molar-refractivity contribution in [3.8, 4) is 5.75 Å². The number of ether oxygens (including phenoxy) is 1. The minimum atomic E-state index is -2.84. The van der Waals surface area contributed by atoms with Crippen molar-refractivity contribution in [1.29, 1.82) is 0 Å².